The van der Waals surface area contributed by atoms with Gasteiger partial charge >= 0.3 is 6.18 Å². The van der Waals surface area contributed by atoms with Gasteiger partial charge in [0.2, 0.25) is 0 Å². The molecule has 0 N–H and O–H groups in total. The van der Waals surface area contributed by atoms with Crippen molar-refractivity contribution in [1.82, 2.24) is 0 Å². The second-order valence-electron chi connectivity index (χ2n) is 3.76. The van der Waals surface area contributed by atoms with E-state index in [4.69, 9.17) is 4.74 Å². The first-order valence-electron chi connectivity index (χ1n) is 5.14. The lowest BCUT2D eigenvalue weighted by atomic mass is 10.1. The Morgan fingerprint density at radius 1 is 1.33 bits per heavy atom. The molecule has 0 spiro atoms. The molecule has 1 aliphatic heterocycles. The number of halogens is 4. The molecule has 0 bridgehead atoms. The van der Waals surface area contributed by atoms with E-state index in [-0.39, 0.29) is 29.2 Å². The van der Waals surface area contributed by atoms with Crippen molar-refractivity contribution in [2.24, 2.45) is 0 Å². The number of amides is 1. The topological polar surface area (TPSA) is 29.5 Å². The molecule has 0 unspecified atom stereocenters. The Morgan fingerprint density at radius 3 is 2.67 bits per heavy atom. The highest BCUT2D eigenvalue weighted by Crippen LogP contribution is 2.37. The van der Waals surface area contributed by atoms with Gasteiger partial charge in [0, 0.05) is 16.7 Å². The van der Waals surface area contributed by atoms with Crippen LogP contribution in [0.15, 0.2) is 22.7 Å². The van der Waals surface area contributed by atoms with Gasteiger partial charge in [0.1, 0.15) is 6.61 Å². The van der Waals surface area contributed by atoms with Crippen LogP contribution in [0.3, 0.4) is 0 Å². The normalized spacial score (nSPS) is 17.1. The molecule has 0 radical (unpaired) electrons. The van der Waals surface area contributed by atoms with E-state index in [9.17, 15) is 18.0 Å². The summed E-state index contributed by atoms with van der Waals surface area (Å²) in [6.07, 6.45) is -4.45. The molecule has 1 fully saturated rings. The molecular weight excluding hydrogens is 315 g/mol. The Hall–Kier alpha value is -1.08. The summed E-state index contributed by atoms with van der Waals surface area (Å²) in [5.41, 5.74) is -0.557. The molecule has 1 saturated heterocycles. The van der Waals surface area contributed by atoms with Gasteiger partial charge in [0.05, 0.1) is 12.2 Å². The molecule has 3 nitrogen and oxygen atoms in total. The smallest absolute Gasteiger partial charge is 0.370 e. The van der Waals surface area contributed by atoms with E-state index in [0.29, 0.717) is 6.61 Å². The van der Waals surface area contributed by atoms with Gasteiger partial charge in [-0.1, -0.05) is 15.9 Å². The summed E-state index contributed by atoms with van der Waals surface area (Å²) in [5.74, 6) is -0.336. The summed E-state index contributed by atoms with van der Waals surface area (Å²) >= 11 is 2.86. The standard InChI is InChI=1S/C11H9BrF3NO2/c12-9-2-1-7(5-8(9)11(13,14)15)16-3-4-18-6-10(16)17/h1-2,5H,3-4,6H2. The van der Waals surface area contributed by atoms with Gasteiger partial charge in [0.15, 0.2) is 0 Å². The predicted molar refractivity (Wildman–Crippen MR) is 62.3 cm³/mol. The van der Waals surface area contributed by atoms with Crippen molar-refractivity contribution in [1.29, 1.82) is 0 Å². The lowest BCUT2D eigenvalue weighted by molar-refractivity contribution is -0.138. The minimum absolute atomic E-state index is 0.0422. The summed E-state index contributed by atoms with van der Waals surface area (Å²) in [6, 6.07) is 3.73. The number of hydrogen-bond donors (Lipinski definition) is 0. The molecule has 1 aromatic rings. The molecule has 18 heavy (non-hydrogen) atoms. The van der Waals surface area contributed by atoms with Gasteiger partial charge in [-0.05, 0) is 18.2 Å². The summed E-state index contributed by atoms with van der Waals surface area (Å²) in [5, 5.41) is 0. The first kappa shape index (κ1) is 13.4. The molecular formula is C11H9BrF3NO2. The molecule has 0 aromatic heterocycles. The lowest BCUT2D eigenvalue weighted by Crippen LogP contribution is -2.41. The fraction of sp³-hybridized carbons (Fsp3) is 0.364. The second-order valence-corrected chi connectivity index (χ2v) is 4.61. The number of carbonyl (C=O) groups excluding carboxylic acids is 1. The van der Waals surface area contributed by atoms with E-state index in [2.05, 4.69) is 15.9 Å². The van der Waals surface area contributed by atoms with Crippen LogP contribution in [0.5, 0.6) is 0 Å². The third-order valence-electron chi connectivity index (χ3n) is 2.55. The lowest BCUT2D eigenvalue weighted by Gasteiger charge is -2.27. The van der Waals surface area contributed by atoms with Crippen LogP contribution >= 0.6 is 15.9 Å². The van der Waals surface area contributed by atoms with Crippen LogP contribution in [0.1, 0.15) is 5.56 Å². The SMILES string of the molecule is O=C1COCCN1c1ccc(Br)c(C(F)(F)F)c1. The van der Waals surface area contributed by atoms with Crippen molar-refractivity contribution < 1.29 is 22.7 Å². The minimum atomic E-state index is -4.45. The maximum atomic E-state index is 12.7. The summed E-state index contributed by atoms with van der Waals surface area (Å²) in [4.78, 5) is 12.8. The van der Waals surface area contributed by atoms with Gasteiger partial charge < -0.3 is 9.64 Å². The maximum absolute atomic E-state index is 12.7. The number of nitrogens with zero attached hydrogens (tertiary/aromatic N) is 1. The van der Waals surface area contributed by atoms with Crippen molar-refractivity contribution in [3.05, 3.63) is 28.2 Å². The third-order valence-corrected chi connectivity index (χ3v) is 3.24. The van der Waals surface area contributed by atoms with Crippen LogP contribution in [0.25, 0.3) is 0 Å². The molecule has 1 amide bonds. The van der Waals surface area contributed by atoms with E-state index in [1.165, 1.54) is 17.0 Å². The zero-order chi connectivity index (χ0) is 13.3. The zero-order valence-electron chi connectivity index (χ0n) is 9.13. The van der Waals surface area contributed by atoms with Gasteiger partial charge in [-0.3, -0.25) is 4.79 Å². The first-order chi connectivity index (χ1) is 8.39. The fourth-order valence-electron chi connectivity index (χ4n) is 1.69. The average molecular weight is 324 g/mol. The van der Waals surface area contributed by atoms with E-state index in [0.717, 1.165) is 6.07 Å². The number of rotatable bonds is 1. The monoisotopic (exact) mass is 323 g/mol. The summed E-state index contributed by atoms with van der Waals surface area (Å²) in [7, 11) is 0. The number of alkyl halides is 3. The van der Waals surface area contributed by atoms with Gasteiger partial charge in [-0.2, -0.15) is 13.2 Å². The summed E-state index contributed by atoms with van der Waals surface area (Å²) in [6.45, 7) is 0.484. The number of benzene rings is 1. The zero-order valence-corrected chi connectivity index (χ0v) is 10.7. The van der Waals surface area contributed by atoms with Crippen molar-refractivity contribution >= 4 is 27.5 Å². The second kappa shape index (κ2) is 4.89. The Labute approximate surface area is 110 Å². The Balaban J connectivity index is 2.37. The van der Waals surface area contributed by atoms with E-state index < -0.39 is 11.7 Å². The van der Waals surface area contributed by atoms with Crippen LogP contribution in [0, 0.1) is 0 Å². The highest BCUT2D eigenvalue weighted by atomic mass is 79.9. The molecule has 98 valence electrons. The molecule has 0 atom stereocenters. The van der Waals surface area contributed by atoms with E-state index >= 15 is 0 Å². The predicted octanol–water partition coefficient (Wildman–Crippen LogP) is 2.83. The molecule has 2 rings (SSSR count). The summed E-state index contributed by atoms with van der Waals surface area (Å²) < 4.78 is 43.1. The minimum Gasteiger partial charge on any atom is -0.370 e. The number of morpholine rings is 1. The molecule has 7 heteroatoms. The quantitative estimate of drug-likeness (QED) is 0.795. The van der Waals surface area contributed by atoms with Gasteiger partial charge in [-0.25, -0.2) is 0 Å². The number of hydrogen-bond acceptors (Lipinski definition) is 2. The largest absolute Gasteiger partial charge is 0.417 e. The molecule has 1 aliphatic rings. The van der Waals surface area contributed by atoms with Crippen LogP contribution < -0.4 is 4.90 Å². The van der Waals surface area contributed by atoms with Gasteiger partial charge in [0.25, 0.3) is 5.91 Å². The van der Waals surface area contributed by atoms with Crippen LogP contribution in [-0.4, -0.2) is 25.7 Å². The average Bonchev–Trinajstić information content (AvgIpc) is 2.29. The van der Waals surface area contributed by atoms with Crippen molar-refractivity contribution in [3.63, 3.8) is 0 Å². The number of carbonyl (C=O) groups is 1. The van der Waals surface area contributed by atoms with Gasteiger partial charge in [-0.15, -0.1) is 0 Å². The Bertz CT molecular complexity index is 476. The molecule has 0 saturated carbocycles. The number of anilines is 1. The number of ether oxygens (including phenoxy) is 1. The van der Waals surface area contributed by atoms with Crippen LogP contribution in [0.4, 0.5) is 18.9 Å². The van der Waals surface area contributed by atoms with Crippen molar-refractivity contribution in [2.45, 2.75) is 6.18 Å². The van der Waals surface area contributed by atoms with E-state index in [1.807, 2.05) is 0 Å². The first-order valence-corrected chi connectivity index (χ1v) is 5.94. The van der Waals surface area contributed by atoms with Crippen molar-refractivity contribution in [3.8, 4) is 0 Å². The molecule has 1 aromatic carbocycles. The molecule has 1 heterocycles. The third kappa shape index (κ3) is 2.67. The Kier molecular flexibility index (Phi) is 3.63. The maximum Gasteiger partial charge on any atom is 0.417 e. The Morgan fingerprint density at radius 2 is 2.06 bits per heavy atom. The highest BCUT2D eigenvalue weighted by molar-refractivity contribution is 9.10. The van der Waals surface area contributed by atoms with Crippen LogP contribution in [0.2, 0.25) is 0 Å². The highest BCUT2D eigenvalue weighted by Gasteiger charge is 2.34. The molecule has 0 aliphatic carbocycles. The van der Waals surface area contributed by atoms with E-state index in [1.54, 1.807) is 0 Å². The fourth-order valence-corrected chi connectivity index (χ4v) is 2.16. The van der Waals surface area contributed by atoms with Crippen LogP contribution in [-0.2, 0) is 15.7 Å². The van der Waals surface area contributed by atoms with Crippen molar-refractivity contribution in [2.75, 3.05) is 24.7 Å².